The van der Waals surface area contributed by atoms with Gasteiger partial charge in [0.2, 0.25) is 19.1 Å². The number of pyridine rings is 2. The van der Waals surface area contributed by atoms with E-state index in [0.29, 0.717) is 29.3 Å². The lowest BCUT2D eigenvalue weighted by molar-refractivity contribution is 0.308. The first-order valence-electron chi connectivity index (χ1n) is 19.0. The quantitative estimate of drug-likeness (QED) is 0.0979. The maximum absolute atomic E-state index is 12.2. The van der Waals surface area contributed by atoms with Crippen molar-refractivity contribution in [3.05, 3.63) is 60.0 Å². The monoisotopic (exact) mass is 810 g/mol. The van der Waals surface area contributed by atoms with Crippen LogP contribution in [0.5, 0.6) is 11.5 Å². The van der Waals surface area contributed by atoms with Crippen molar-refractivity contribution in [1.82, 2.24) is 24.7 Å². The molecule has 4 fully saturated rings. The van der Waals surface area contributed by atoms with Crippen LogP contribution >= 0.6 is 10.7 Å². The van der Waals surface area contributed by atoms with Crippen LogP contribution in [0, 0.1) is 23.7 Å². The van der Waals surface area contributed by atoms with Crippen LogP contribution in [0.25, 0.3) is 33.2 Å². The summed E-state index contributed by atoms with van der Waals surface area (Å²) in [5.74, 6) is 7.00. The third-order valence-corrected chi connectivity index (χ3v) is 14.0. The molecule has 4 aliphatic carbocycles. The Morgan fingerprint density at radius 3 is 1.71 bits per heavy atom. The molecule has 0 saturated heterocycles. The molecular weight excluding hydrogens is 766 g/mol. The van der Waals surface area contributed by atoms with E-state index in [0.717, 1.165) is 82.9 Å². The number of hydrogen-bond donors (Lipinski definition) is 6. The predicted octanol–water partition coefficient (Wildman–Crippen LogP) is 4.31. The Hall–Kier alpha value is -3.38. The van der Waals surface area contributed by atoms with E-state index in [1.54, 1.807) is 24.3 Å². The van der Waals surface area contributed by atoms with Gasteiger partial charge >= 0.3 is 14.2 Å². The molecule has 0 amide bonds. The van der Waals surface area contributed by atoms with E-state index in [2.05, 4.69) is 24.7 Å². The maximum atomic E-state index is 12.2. The van der Waals surface area contributed by atoms with Crippen molar-refractivity contribution in [2.75, 3.05) is 11.5 Å². The minimum atomic E-state index is -3.21. The summed E-state index contributed by atoms with van der Waals surface area (Å²) in [7, 11) is -3.33. The molecule has 0 atom stereocenters. The minimum absolute atomic E-state index is 0.0351. The average Bonchev–Trinajstić information content (AvgIpc) is 4.02. The van der Waals surface area contributed by atoms with E-state index >= 15 is 0 Å². The van der Waals surface area contributed by atoms with Gasteiger partial charge in [0.25, 0.3) is 0 Å². The van der Waals surface area contributed by atoms with Gasteiger partial charge in [-0.25, -0.2) is 31.5 Å². The van der Waals surface area contributed by atoms with E-state index in [-0.39, 0.29) is 29.5 Å². The third kappa shape index (κ3) is 9.27. The summed E-state index contributed by atoms with van der Waals surface area (Å²) in [6.45, 7) is 0. The number of nitrogens with one attached hydrogen (secondary N) is 3. The van der Waals surface area contributed by atoms with Crippen molar-refractivity contribution >= 4 is 77.2 Å². The zero-order chi connectivity index (χ0) is 38.5. The van der Waals surface area contributed by atoms with Crippen molar-refractivity contribution in [1.29, 1.82) is 0 Å². The first-order chi connectivity index (χ1) is 26.3. The van der Waals surface area contributed by atoms with Gasteiger partial charge in [-0.3, -0.25) is 0 Å². The fourth-order valence-electron chi connectivity index (χ4n) is 7.87. The molecule has 0 unspecified atom stereocenters. The first-order valence-corrected chi connectivity index (χ1v) is 23.2. The number of hydrogen-bond acceptors (Lipinski definition) is 11. The summed E-state index contributed by atoms with van der Waals surface area (Å²) < 4.78 is 59.0. The Morgan fingerprint density at radius 1 is 0.782 bits per heavy atom. The van der Waals surface area contributed by atoms with E-state index in [4.69, 9.17) is 25.7 Å². The molecule has 292 valence electrons. The Bertz CT molecular complexity index is 2340. The lowest BCUT2D eigenvalue weighted by atomic mass is 9.68. The average molecular weight is 811 g/mol. The summed E-state index contributed by atoms with van der Waals surface area (Å²) in [6, 6.07) is 4.19. The predicted molar refractivity (Wildman–Crippen MR) is 214 cm³/mol. The van der Waals surface area contributed by atoms with Gasteiger partial charge in [-0.05, 0) is 97.4 Å². The molecule has 0 aromatic carbocycles. The van der Waals surface area contributed by atoms with E-state index in [1.807, 2.05) is 24.5 Å². The number of H-pyrrole nitrogens is 2. The van der Waals surface area contributed by atoms with Gasteiger partial charge in [0.15, 0.2) is 0 Å². The molecule has 55 heavy (non-hydrogen) atoms. The van der Waals surface area contributed by atoms with Gasteiger partial charge in [-0.2, -0.15) is 0 Å². The maximum Gasteiger partial charge on any atom is 0.552 e. The zero-order valence-electron chi connectivity index (χ0n) is 30.2. The van der Waals surface area contributed by atoms with Crippen molar-refractivity contribution in [2.45, 2.75) is 76.3 Å². The zero-order valence-corrected chi connectivity index (χ0v) is 32.6. The fourth-order valence-corrected chi connectivity index (χ4v) is 10.2. The highest BCUT2D eigenvalue weighted by molar-refractivity contribution is 8.13. The normalized spacial score (nSPS) is 24.4. The third-order valence-electron chi connectivity index (χ3n) is 11.3. The summed E-state index contributed by atoms with van der Waals surface area (Å²) in [6.07, 6.45) is 16.6. The Balaban J connectivity index is 0.000000132. The molecule has 2 aliphatic heterocycles. The van der Waals surface area contributed by atoms with Crippen molar-refractivity contribution in [3.63, 3.8) is 0 Å². The van der Waals surface area contributed by atoms with Gasteiger partial charge in [-0.1, -0.05) is 25.7 Å². The summed E-state index contributed by atoms with van der Waals surface area (Å²) in [5, 5.41) is 21.9. The number of nitrogens with two attached hydrogens (primary N) is 1. The number of nitrogens with zero attached hydrogens (tertiary/aromatic N) is 2. The van der Waals surface area contributed by atoms with E-state index in [9.17, 15) is 26.9 Å². The van der Waals surface area contributed by atoms with E-state index < -0.39 is 33.3 Å². The van der Waals surface area contributed by atoms with Crippen LogP contribution in [0.3, 0.4) is 0 Å². The van der Waals surface area contributed by atoms with Crippen LogP contribution < -0.4 is 19.8 Å². The molecule has 0 bridgehead atoms. The Kier molecular flexibility index (Phi) is 10.9. The lowest BCUT2D eigenvalue weighted by Crippen LogP contribution is -2.45. The second-order valence-electron chi connectivity index (χ2n) is 15.7. The van der Waals surface area contributed by atoms with Gasteiger partial charge in [0, 0.05) is 57.1 Å². The lowest BCUT2D eigenvalue weighted by Gasteiger charge is -2.39. The Morgan fingerprint density at radius 2 is 1.25 bits per heavy atom. The number of allylic oxidation sites excluding steroid dienone is 2. The van der Waals surface area contributed by atoms with Gasteiger partial charge in [-0.15, -0.1) is 0 Å². The largest absolute Gasteiger partial charge is 0.552 e. The standard InChI is InChI=1S/C18H22BN3O4S.C13H14BN3O2.C5H9ClO2S/c23-19-9-15(17-14-3-5-20-18(14)21-10-16(17)26-19)12-7-13(8-12)22-27(24,25)6-4-11-1-2-11;15-8-3-7(4-8)10-5-14(18)19-11-6-17-13-9(12(10)11)1-2-16-13;6-9(7,8)4-3-5-1-2-5/h3,5,9-13,22-23H,1-2,4,6-8H2,(H,20,21);1-2,5-8,18H,3-4,15H2,(H,16,17);5H,1-4H2. The number of sulfonamides is 1. The van der Waals surface area contributed by atoms with Crippen LogP contribution in [-0.4, -0.2) is 84.6 Å². The molecule has 6 aliphatic rings. The highest BCUT2D eigenvalue weighted by atomic mass is 35.7. The van der Waals surface area contributed by atoms with E-state index in [1.165, 1.54) is 25.7 Å². The molecule has 6 heterocycles. The topological polar surface area (TPSA) is 223 Å². The van der Waals surface area contributed by atoms with Crippen LogP contribution in [0.15, 0.2) is 48.9 Å². The number of halogens is 1. The molecule has 4 aromatic heterocycles. The SMILES string of the molecule is NC1CC(C2=CB(O)Oc3cnc4[nH]ccc4c32)C1.O=S(=O)(CCC1CC1)NC1CC(C2=CB(O)Oc3cnc4[nH]ccc4c32)C1.O=S(=O)(Cl)CCC1CC1. The van der Waals surface area contributed by atoms with Crippen LogP contribution in [0.2, 0.25) is 0 Å². The van der Waals surface area contributed by atoms with Crippen LogP contribution in [0.1, 0.15) is 75.3 Å². The van der Waals surface area contributed by atoms with Crippen LogP contribution in [0.4, 0.5) is 0 Å². The molecule has 4 saturated carbocycles. The molecule has 10 rings (SSSR count). The second kappa shape index (κ2) is 15.5. The Labute approximate surface area is 325 Å². The molecule has 0 spiro atoms. The molecule has 4 aromatic rings. The van der Waals surface area contributed by atoms with Crippen molar-refractivity contribution < 1.29 is 36.2 Å². The smallest absolute Gasteiger partial charge is 0.531 e. The minimum Gasteiger partial charge on any atom is -0.531 e. The molecule has 7 N–H and O–H groups in total. The number of aromatic amines is 2. The summed E-state index contributed by atoms with van der Waals surface area (Å²) in [5.41, 5.74) is 11.7. The molecule has 19 heteroatoms. The fraction of sp³-hybridized carbons (Fsp3) is 0.500. The van der Waals surface area contributed by atoms with Gasteiger partial charge in [0.05, 0.1) is 23.9 Å². The number of fused-ring (bicyclic) bond motifs is 6. The van der Waals surface area contributed by atoms with Crippen molar-refractivity contribution in [2.24, 2.45) is 29.4 Å². The summed E-state index contributed by atoms with van der Waals surface area (Å²) >= 11 is 0. The van der Waals surface area contributed by atoms with Crippen LogP contribution in [-0.2, 0) is 19.1 Å². The molecule has 0 radical (unpaired) electrons. The highest BCUT2D eigenvalue weighted by Crippen LogP contribution is 2.47. The second-order valence-corrected chi connectivity index (χ2v) is 20.4. The molecule has 14 nitrogen and oxygen atoms in total. The first kappa shape index (κ1) is 38.5. The number of rotatable bonds is 10. The van der Waals surface area contributed by atoms with Gasteiger partial charge < -0.3 is 35.1 Å². The van der Waals surface area contributed by atoms with Crippen molar-refractivity contribution in [3.8, 4) is 11.5 Å². The molecular formula is C36H45B2ClN6O8S2. The summed E-state index contributed by atoms with van der Waals surface area (Å²) in [4.78, 5) is 14.8. The van der Waals surface area contributed by atoms with Gasteiger partial charge in [0.1, 0.15) is 22.8 Å². The highest BCUT2D eigenvalue weighted by Gasteiger charge is 2.40. The number of aromatic nitrogens is 4.